The molecule has 1 fully saturated rings. The Morgan fingerprint density at radius 1 is 1.21 bits per heavy atom. The van der Waals surface area contributed by atoms with Gasteiger partial charge >= 0.3 is 0 Å². The molecule has 5 nitrogen and oxygen atoms in total. The first-order chi connectivity index (χ1) is 11.7. The summed E-state index contributed by atoms with van der Waals surface area (Å²) in [5, 5.41) is 2.57. The number of thiazole rings is 1. The molecule has 1 aliphatic rings. The maximum Gasteiger partial charge on any atom is 0.273 e. The molecule has 1 aliphatic heterocycles. The van der Waals surface area contributed by atoms with Gasteiger partial charge in [0.25, 0.3) is 5.91 Å². The van der Waals surface area contributed by atoms with Crippen molar-refractivity contribution in [2.24, 2.45) is 5.73 Å². The molecule has 0 atom stereocenters. The first-order valence-corrected chi connectivity index (χ1v) is 8.94. The van der Waals surface area contributed by atoms with Crippen molar-refractivity contribution in [2.75, 3.05) is 26.2 Å². The molecule has 128 valence electrons. The Bertz CT molecular complexity index is 688. The molecule has 24 heavy (non-hydrogen) atoms. The smallest absolute Gasteiger partial charge is 0.273 e. The van der Waals surface area contributed by atoms with Crippen LogP contribution in [-0.4, -0.2) is 46.9 Å². The Labute approximate surface area is 144 Å². The van der Waals surface area contributed by atoms with Gasteiger partial charge < -0.3 is 10.6 Å². The molecule has 1 saturated heterocycles. The summed E-state index contributed by atoms with van der Waals surface area (Å²) in [4.78, 5) is 21.0. The van der Waals surface area contributed by atoms with Crippen molar-refractivity contribution >= 4 is 17.2 Å². The Kier molecular flexibility index (Phi) is 5.55. The van der Waals surface area contributed by atoms with E-state index in [1.54, 1.807) is 5.38 Å². The highest BCUT2D eigenvalue weighted by Gasteiger charge is 2.22. The van der Waals surface area contributed by atoms with Gasteiger partial charge in [-0.15, -0.1) is 11.3 Å². The average molecular weight is 348 g/mol. The van der Waals surface area contributed by atoms with Gasteiger partial charge in [-0.05, 0) is 24.1 Å². The van der Waals surface area contributed by atoms with E-state index in [4.69, 9.17) is 5.73 Å². The zero-order valence-electron chi connectivity index (χ0n) is 13.4. The number of nitrogens with two attached hydrogens (primary N) is 1. The third-order valence-corrected chi connectivity index (χ3v) is 5.01. The number of nitrogens with zero attached hydrogens (tertiary/aromatic N) is 3. The Morgan fingerprint density at radius 2 is 2.00 bits per heavy atom. The van der Waals surface area contributed by atoms with Crippen LogP contribution in [0.5, 0.6) is 0 Å². The van der Waals surface area contributed by atoms with Crippen LogP contribution in [0.4, 0.5) is 4.39 Å². The molecule has 0 radical (unpaired) electrons. The lowest BCUT2D eigenvalue weighted by atomic mass is 10.2. The molecule has 0 unspecified atom stereocenters. The lowest BCUT2D eigenvalue weighted by molar-refractivity contribution is 0.0756. The topological polar surface area (TPSA) is 62.5 Å². The molecule has 3 rings (SSSR count). The summed E-state index contributed by atoms with van der Waals surface area (Å²) < 4.78 is 13.0. The molecule has 0 aliphatic carbocycles. The number of aromatic nitrogens is 1. The summed E-state index contributed by atoms with van der Waals surface area (Å²) in [6.45, 7) is 4.27. The van der Waals surface area contributed by atoms with E-state index in [-0.39, 0.29) is 11.7 Å². The van der Waals surface area contributed by atoms with Crippen molar-refractivity contribution in [3.63, 3.8) is 0 Å². The predicted molar refractivity (Wildman–Crippen MR) is 92.2 cm³/mol. The summed E-state index contributed by atoms with van der Waals surface area (Å²) in [6, 6.07) is 6.60. The highest BCUT2D eigenvalue weighted by molar-refractivity contribution is 7.09. The normalized spacial score (nSPS) is 16.2. The monoisotopic (exact) mass is 348 g/mol. The minimum atomic E-state index is -0.216. The quantitative estimate of drug-likeness (QED) is 0.919. The summed E-state index contributed by atoms with van der Waals surface area (Å²) in [7, 11) is 0. The number of hydrogen-bond acceptors (Lipinski definition) is 5. The minimum Gasteiger partial charge on any atom is -0.336 e. The van der Waals surface area contributed by atoms with E-state index in [1.165, 1.54) is 23.5 Å². The van der Waals surface area contributed by atoms with Crippen LogP contribution in [0.3, 0.4) is 0 Å². The molecule has 7 heteroatoms. The number of amides is 1. The van der Waals surface area contributed by atoms with Gasteiger partial charge in [-0.1, -0.05) is 12.1 Å². The van der Waals surface area contributed by atoms with E-state index < -0.39 is 0 Å². The van der Waals surface area contributed by atoms with Gasteiger partial charge in [-0.3, -0.25) is 9.69 Å². The fourth-order valence-corrected chi connectivity index (χ4v) is 3.49. The van der Waals surface area contributed by atoms with E-state index >= 15 is 0 Å². The largest absolute Gasteiger partial charge is 0.336 e. The molecule has 1 aromatic heterocycles. The number of halogens is 1. The standard InChI is InChI=1S/C17H21FN4OS/c18-14-4-2-13(3-5-14)11-21-6-1-7-22(9-8-21)17(23)15-12-24-16(10-19)20-15/h2-5,12H,1,6-11,19H2. The van der Waals surface area contributed by atoms with Crippen molar-refractivity contribution in [1.29, 1.82) is 0 Å². The van der Waals surface area contributed by atoms with Gasteiger partial charge in [0.1, 0.15) is 16.5 Å². The minimum absolute atomic E-state index is 0.0189. The average Bonchev–Trinajstić information content (AvgIpc) is 2.96. The third kappa shape index (κ3) is 4.17. The first kappa shape index (κ1) is 17.0. The number of hydrogen-bond donors (Lipinski definition) is 1. The molecule has 1 amide bonds. The Balaban J connectivity index is 1.58. The summed E-state index contributed by atoms with van der Waals surface area (Å²) >= 11 is 1.43. The summed E-state index contributed by atoms with van der Waals surface area (Å²) in [5.74, 6) is -0.235. The van der Waals surface area contributed by atoms with Gasteiger partial charge in [0.15, 0.2) is 0 Å². The molecule has 1 aromatic carbocycles. The summed E-state index contributed by atoms with van der Waals surface area (Å²) in [5.41, 5.74) is 7.14. The SMILES string of the molecule is NCc1nc(C(=O)N2CCCN(Cc3ccc(F)cc3)CC2)cs1. The van der Waals surface area contributed by atoms with Crippen LogP contribution in [-0.2, 0) is 13.1 Å². The van der Waals surface area contributed by atoms with Crippen molar-refractivity contribution in [3.8, 4) is 0 Å². The van der Waals surface area contributed by atoms with Gasteiger partial charge in [-0.25, -0.2) is 9.37 Å². The Hall–Kier alpha value is -1.83. The number of rotatable bonds is 4. The van der Waals surface area contributed by atoms with Crippen LogP contribution >= 0.6 is 11.3 Å². The second-order valence-electron chi connectivity index (χ2n) is 5.88. The third-order valence-electron chi connectivity index (χ3n) is 4.14. The molecular formula is C17H21FN4OS. The van der Waals surface area contributed by atoms with Crippen molar-refractivity contribution in [3.05, 3.63) is 51.7 Å². The van der Waals surface area contributed by atoms with Crippen LogP contribution < -0.4 is 5.73 Å². The lowest BCUT2D eigenvalue weighted by Gasteiger charge is -2.21. The molecule has 2 heterocycles. The van der Waals surface area contributed by atoms with Crippen LogP contribution in [0.2, 0.25) is 0 Å². The van der Waals surface area contributed by atoms with Crippen LogP contribution in [0.25, 0.3) is 0 Å². The highest BCUT2D eigenvalue weighted by Crippen LogP contribution is 2.14. The fraction of sp³-hybridized carbons (Fsp3) is 0.412. The van der Waals surface area contributed by atoms with E-state index in [1.807, 2.05) is 17.0 Å². The maximum absolute atomic E-state index is 13.0. The van der Waals surface area contributed by atoms with Crippen LogP contribution in [0, 0.1) is 5.82 Å². The second kappa shape index (κ2) is 7.83. The van der Waals surface area contributed by atoms with E-state index in [9.17, 15) is 9.18 Å². The van der Waals surface area contributed by atoms with Gasteiger partial charge in [0, 0.05) is 44.6 Å². The summed E-state index contributed by atoms with van der Waals surface area (Å²) in [6.07, 6.45) is 0.917. The maximum atomic E-state index is 13.0. The van der Waals surface area contributed by atoms with E-state index in [2.05, 4.69) is 9.88 Å². The predicted octanol–water partition coefficient (Wildman–Crippen LogP) is 2.09. The Morgan fingerprint density at radius 3 is 2.71 bits per heavy atom. The van der Waals surface area contributed by atoms with E-state index in [0.29, 0.717) is 18.8 Å². The molecule has 0 bridgehead atoms. The van der Waals surface area contributed by atoms with E-state index in [0.717, 1.165) is 43.2 Å². The first-order valence-electron chi connectivity index (χ1n) is 8.06. The van der Waals surface area contributed by atoms with Gasteiger partial charge in [0.2, 0.25) is 0 Å². The molecule has 0 saturated carbocycles. The fourth-order valence-electron chi connectivity index (χ4n) is 2.85. The van der Waals surface area contributed by atoms with Gasteiger partial charge in [-0.2, -0.15) is 0 Å². The number of benzene rings is 1. The van der Waals surface area contributed by atoms with Crippen molar-refractivity contribution < 1.29 is 9.18 Å². The molecule has 2 aromatic rings. The zero-order valence-corrected chi connectivity index (χ0v) is 14.3. The second-order valence-corrected chi connectivity index (χ2v) is 6.82. The van der Waals surface area contributed by atoms with Crippen LogP contribution in [0.1, 0.15) is 27.5 Å². The number of carbonyl (C=O) groups is 1. The molecule has 2 N–H and O–H groups in total. The molecule has 0 spiro atoms. The highest BCUT2D eigenvalue weighted by atomic mass is 32.1. The molecular weight excluding hydrogens is 327 g/mol. The zero-order chi connectivity index (χ0) is 16.9. The van der Waals surface area contributed by atoms with Crippen LogP contribution in [0.15, 0.2) is 29.6 Å². The van der Waals surface area contributed by atoms with Crippen molar-refractivity contribution in [1.82, 2.24) is 14.8 Å². The number of carbonyl (C=O) groups excluding carboxylic acids is 1. The lowest BCUT2D eigenvalue weighted by Crippen LogP contribution is -2.35. The van der Waals surface area contributed by atoms with Crippen molar-refractivity contribution in [2.45, 2.75) is 19.5 Å². The van der Waals surface area contributed by atoms with Gasteiger partial charge in [0.05, 0.1) is 0 Å².